The summed E-state index contributed by atoms with van der Waals surface area (Å²) >= 11 is 0. The van der Waals surface area contributed by atoms with Gasteiger partial charge in [0.1, 0.15) is 0 Å². The monoisotopic (exact) mass is 240 g/mol. The summed E-state index contributed by atoms with van der Waals surface area (Å²) in [6.07, 6.45) is -9.84. The third-order valence-electron chi connectivity index (χ3n) is 1.75. The Morgan fingerprint density at radius 1 is 0.812 bits per heavy atom. The number of hydrogen-bond acceptors (Lipinski definition) is 1. The summed E-state index contributed by atoms with van der Waals surface area (Å²) in [7, 11) is -0.0650. The van der Waals surface area contributed by atoms with E-state index in [0.717, 1.165) is 0 Å². The van der Waals surface area contributed by atoms with E-state index in [2.05, 4.69) is 0 Å². The van der Waals surface area contributed by atoms with Crippen LogP contribution in [-0.2, 0) is 17.1 Å². The first-order valence-electron chi connectivity index (χ1n) is 3.89. The average molecular weight is 240 g/mol. The molecule has 0 atom stereocenters. The molecule has 0 spiro atoms. The molecule has 0 aromatic heterocycles. The van der Waals surface area contributed by atoms with Crippen molar-refractivity contribution < 1.29 is 31.0 Å². The standard InChI is InChI=1S/C8H3BF6O/c10-7(11,12)4-1-5(8(13,14)15)3-6(2-4)9-16/h1-3H. The van der Waals surface area contributed by atoms with Crippen LogP contribution >= 0.6 is 0 Å². The van der Waals surface area contributed by atoms with Crippen molar-refractivity contribution in [2.45, 2.75) is 12.4 Å². The van der Waals surface area contributed by atoms with Crippen LogP contribution in [-0.4, -0.2) is 7.15 Å². The van der Waals surface area contributed by atoms with Crippen molar-refractivity contribution >= 4 is 12.6 Å². The Bertz CT molecular complexity index is 376. The second-order valence-electron chi connectivity index (χ2n) is 2.96. The van der Waals surface area contributed by atoms with Crippen molar-refractivity contribution in [3.05, 3.63) is 29.3 Å². The summed E-state index contributed by atoms with van der Waals surface area (Å²) in [5.74, 6) is 0. The Balaban J connectivity index is 3.39. The fourth-order valence-electron chi connectivity index (χ4n) is 1.05. The fraction of sp³-hybridized carbons (Fsp3) is 0.250. The molecule has 1 nitrogen and oxygen atoms in total. The van der Waals surface area contributed by atoms with Crippen LogP contribution in [0.3, 0.4) is 0 Å². The van der Waals surface area contributed by atoms with Crippen LogP contribution < -0.4 is 5.46 Å². The Morgan fingerprint density at radius 3 is 1.44 bits per heavy atom. The zero-order valence-corrected chi connectivity index (χ0v) is 7.49. The zero-order chi connectivity index (χ0) is 12.6. The molecule has 1 aromatic carbocycles. The van der Waals surface area contributed by atoms with E-state index < -0.39 is 28.9 Å². The molecular formula is C8H3BF6O. The van der Waals surface area contributed by atoms with Crippen LogP contribution in [0.2, 0.25) is 0 Å². The van der Waals surface area contributed by atoms with E-state index in [1.54, 1.807) is 0 Å². The first kappa shape index (κ1) is 12.7. The molecule has 1 rings (SSSR count). The van der Waals surface area contributed by atoms with E-state index in [4.69, 9.17) is 0 Å². The van der Waals surface area contributed by atoms with Gasteiger partial charge in [-0.3, -0.25) is 0 Å². The van der Waals surface area contributed by atoms with Gasteiger partial charge in [-0.05, 0) is 0 Å². The van der Waals surface area contributed by atoms with Gasteiger partial charge in [0, 0.05) is 0 Å². The third kappa shape index (κ3) is 2.83. The molecule has 0 saturated heterocycles. The first-order chi connectivity index (χ1) is 7.14. The van der Waals surface area contributed by atoms with Gasteiger partial charge in [-0.25, -0.2) is 0 Å². The number of hydrogen-bond donors (Lipinski definition) is 0. The van der Waals surface area contributed by atoms with E-state index >= 15 is 0 Å². The topological polar surface area (TPSA) is 17.1 Å². The fourth-order valence-corrected chi connectivity index (χ4v) is 1.05. The molecule has 0 saturated carbocycles. The quantitative estimate of drug-likeness (QED) is 0.544. The summed E-state index contributed by atoms with van der Waals surface area (Å²) in [4.78, 5) is 0. The van der Waals surface area contributed by atoms with Crippen LogP contribution in [0.5, 0.6) is 0 Å². The Hall–Kier alpha value is -1.34. The third-order valence-corrected chi connectivity index (χ3v) is 1.75. The van der Waals surface area contributed by atoms with Gasteiger partial charge < -0.3 is 0 Å². The molecule has 0 unspecified atom stereocenters. The van der Waals surface area contributed by atoms with Gasteiger partial charge in [0.15, 0.2) is 0 Å². The molecule has 0 aliphatic rings. The number of alkyl halides is 6. The summed E-state index contributed by atoms with van der Waals surface area (Å²) in [6.45, 7) is 0. The van der Waals surface area contributed by atoms with Gasteiger partial charge in [0.05, 0.1) is 0 Å². The van der Waals surface area contributed by atoms with Crippen LogP contribution in [0.1, 0.15) is 11.1 Å². The normalized spacial score (nSPS) is 12.4. The first-order valence-corrected chi connectivity index (χ1v) is 3.89. The Labute approximate surface area is 86.3 Å². The maximum absolute atomic E-state index is 12.2. The van der Waals surface area contributed by atoms with E-state index in [1.165, 1.54) is 0 Å². The molecule has 16 heavy (non-hydrogen) atoms. The van der Waals surface area contributed by atoms with Gasteiger partial charge in [0.2, 0.25) is 0 Å². The van der Waals surface area contributed by atoms with Gasteiger partial charge >= 0.3 is 85.3 Å². The molecule has 0 aliphatic heterocycles. The van der Waals surface area contributed by atoms with Crippen LogP contribution in [0.25, 0.3) is 0 Å². The molecule has 0 radical (unpaired) electrons. The predicted molar refractivity (Wildman–Crippen MR) is 42.5 cm³/mol. The summed E-state index contributed by atoms with van der Waals surface area (Å²) in [5, 5.41) is 0. The maximum atomic E-state index is 12.2. The molecule has 0 aliphatic carbocycles. The van der Waals surface area contributed by atoms with E-state index in [-0.39, 0.29) is 13.2 Å². The summed E-state index contributed by atoms with van der Waals surface area (Å²) in [6, 6.07) is 0.692. The van der Waals surface area contributed by atoms with Gasteiger partial charge in [-0.1, -0.05) is 0 Å². The number of benzene rings is 1. The van der Waals surface area contributed by atoms with Crippen molar-refractivity contribution in [1.82, 2.24) is 0 Å². The average Bonchev–Trinajstić information content (AvgIpc) is 2.14. The van der Waals surface area contributed by atoms with Crippen molar-refractivity contribution in [2.24, 2.45) is 0 Å². The minimum atomic E-state index is -4.92. The van der Waals surface area contributed by atoms with Crippen molar-refractivity contribution in [3.63, 3.8) is 0 Å². The second-order valence-corrected chi connectivity index (χ2v) is 2.96. The zero-order valence-electron chi connectivity index (χ0n) is 7.49. The molecule has 0 fully saturated rings. The van der Waals surface area contributed by atoms with Crippen LogP contribution in [0.4, 0.5) is 26.3 Å². The van der Waals surface area contributed by atoms with Gasteiger partial charge in [-0.2, -0.15) is 0 Å². The summed E-state index contributed by atoms with van der Waals surface area (Å²) < 4.78 is 83.4. The molecule has 0 amide bonds. The molecule has 0 N–H and O–H groups in total. The minimum absolute atomic E-state index is 0.0347. The van der Waals surface area contributed by atoms with Gasteiger partial charge in [-0.15, -0.1) is 0 Å². The molecule has 1 aromatic rings. The number of rotatable bonds is 1. The van der Waals surface area contributed by atoms with E-state index in [9.17, 15) is 31.0 Å². The molecular weight excluding hydrogens is 237 g/mol. The van der Waals surface area contributed by atoms with Crippen molar-refractivity contribution in [3.8, 4) is 0 Å². The van der Waals surface area contributed by atoms with E-state index in [1.807, 2.05) is 0 Å². The van der Waals surface area contributed by atoms with Crippen molar-refractivity contribution in [1.29, 1.82) is 0 Å². The summed E-state index contributed by atoms with van der Waals surface area (Å²) in [5.41, 5.74) is -3.66. The Kier molecular flexibility index (Phi) is 3.11. The SMILES string of the molecule is O=Bc1cc(C(F)(F)F)cc(C(F)(F)F)c1. The van der Waals surface area contributed by atoms with Crippen LogP contribution in [0.15, 0.2) is 18.2 Å². The Morgan fingerprint density at radius 2 is 1.19 bits per heavy atom. The second kappa shape index (κ2) is 3.91. The number of halogens is 6. The molecule has 8 heteroatoms. The van der Waals surface area contributed by atoms with Gasteiger partial charge in [0.25, 0.3) is 0 Å². The molecule has 0 bridgehead atoms. The molecule has 0 heterocycles. The molecule has 86 valence electrons. The van der Waals surface area contributed by atoms with Crippen LogP contribution in [0, 0.1) is 0 Å². The van der Waals surface area contributed by atoms with E-state index in [0.29, 0.717) is 12.1 Å². The predicted octanol–water partition coefficient (Wildman–Crippen LogP) is 2.40. The van der Waals surface area contributed by atoms with Crippen molar-refractivity contribution in [2.75, 3.05) is 0 Å².